The molecule has 0 aromatic heterocycles. The van der Waals surface area contributed by atoms with Crippen LogP contribution in [0, 0.1) is 0 Å². The van der Waals surface area contributed by atoms with Crippen molar-refractivity contribution in [3.05, 3.63) is 59.7 Å². The largest absolute Gasteiger partial charge is 0.399 e. The summed E-state index contributed by atoms with van der Waals surface area (Å²) in [4.78, 5) is 14.5. The van der Waals surface area contributed by atoms with Crippen LogP contribution >= 0.6 is 0 Å². The van der Waals surface area contributed by atoms with E-state index in [0.717, 1.165) is 5.56 Å². The van der Waals surface area contributed by atoms with Crippen molar-refractivity contribution in [3.8, 4) is 0 Å². The van der Waals surface area contributed by atoms with Gasteiger partial charge in [0.2, 0.25) is 0 Å². The number of hydrogen-bond donors (Lipinski definition) is 2. The number of hydrogen-bond acceptors (Lipinski definition) is 3. The van der Waals surface area contributed by atoms with Crippen molar-refractivity contribution in [1.82, 2.24) is 4.90 Å². The van der Waals surface area contributed by atoms with E-state index in [-0.39, 0.29) is 11.9 Å². The molecule has 0 aliphatic rings. The van der Waals surface area contributed by atoms with Crippen molar-refractivity contribution in [2.75, 3.05) is 11.5 Å². The zero-order valence-electron chi connectivity index (χ0n) is 12.4. The summed E-state index contributed by atoms with van der Waals surface area (Å²) in [5, 5.41) is 0. The lowest BCUT2D eigenvalue weighted by Gasteiger charge is -2.27. The third-order valence-electron chi connectivity index (χ3n) is 3.30. The molecule has 0 saturated heterocycles. The van der Waals surface area contributed by atoms with Crippen molar-refractivity contribution in [2.24, 2.45) is 0 Å². The monoisotopic (exact) mass is 283 g/mol. The minimum absolute atomic E-state index is 0.0622. The Balaban J connectivity index is 2.27. The van der Waals surface area contributed by atoms with Gasteiger partial charge in [-0.2, -0.15) is 0 Å². The highest BCUT2D eigenvalue weighted by atomic mass is 16.2. The van der Waals surface area contributed by atoms with Gasteiger partial charge in [-0.25, -0.2) is 0 Å². The van der Waals surface area contributed by atoms with E-state index in [4.69, 9.17) is 11.5 Å². The number of nitrogen functional groups attached to an aromatic ring is 2. The third kappa shape index (κ3) is 3.75. The van der Waals surface area contributed by atoms with Crippen LogP contribution in [-0.2, 0) is 6.54 Å². The first-order valence-corrected chi connectivity index (χ1v) is 6.98. The molecule has 0 spiro atoms. The molecule has 2 aromatic rings. The normalized spacial score (nSPS) is 10.6. The predicted octanol–water partition coefficient (Wildman–Crippen LogP) is 2.90. The summed E-state index contributed by atoms with van der Waals surface area (Å²) in [6.45, 7) is 4.55. The number of carbonyl (C=O) groups excluding carboxylic acids is 1. The second-order valence-corrected chi connectivity index (χ2v) is 5.40. The predicted molar refractivity (Wildman–Crippen MR) is 86.7 cm³/mol. The summed E-state index contributed by atoms with van der Waals surface area (Å²) >= 11 is 0. The van der Waals surface area contributed by atoms with Gasteiger partial charge >= 0.3 is 0 Å². The summed E-state index contributed by atoms with van der Waals surface area (Å²) in [5.74, 6) is -0.0622. The lowest BCUT2D eigenvalue weighted by molar-refractivity contribution is 0.0690. The van der Waals surface area contributed by atoms with Crippen molar-refractivity contribution >= 4 is 17.3 Å². The Morgan fingerprint density at radius 2 is 1.62 bits per heavy atom. The maximum atomic E-state index is 12.7. The number of amides is 1. The summed E-state index contributed by atoms with van der Waals surface area (Å²) in [6.07, 6.45) is 0. The second kappa shape index (κ2) is 6.31. The van der Waals surface area contributed by atoms with Gasteiger partial charge in [0, 0.05) is 29.5 Å². The first-order chi connectivity index (χ1) is 9.97. The van der Waals surface area contributed by atoms with E-state index in [9.17, 15) is 4.79 Å². The molecule has 0 heterocycles. The Morgan fingerprint density at radius 1 is 1.05 bits per heavy atom. The molecule has 110 valence electrons. The van der Waals surface area contributed by atoms with Crippen molar-refractivity contribution < 1.29 is 4.79 Å². The Kier molecular flexibility index (Phi) is 4.48. The fraction of sp³-hybridized carbons (Fsp3) is 0.235. The second-order valence-electron chi connectivity index (χ2n) is 5.40. The van der Waals surface area contributed by atoms with Gasteiger partial charge in [0.15, 0.2) is 0 Å². The maximum Gasteiger partial charge on any atom is 0.254 e. The number of nitrogens with zero attached hydrogens (tertiary/aromatic N) is 1. The Hall–Kier alpha value is -2.49. The molecule has 21 heavy (non-hydrogen) atoms. The average molecular weight is 283 g/mol. The van der Waals surface area contributed by atoms with E-state index in [1.54, 1.807) is 18.2 Å². The van der Waals surface area contributed by atoms with Gasteiger partial charge in [0.05, 0.1) is 0 Å². The van der Waals surface area contributed by atoms with E-state index in [0.29, 0.717) is 23.5 Å². The fourth-order valence-electron chi connectivity index (χ4n) is 2.23. The first-order valence-electron chi connectivity index (χ1n) is 6.98. The van der Waals surface area contributed by atoms with Crippen LogP contribution in [0.1, 0.15) is 29.8 Å². The Labute approximate surface area is 125 Å². The summed E-state index contributed by atoms with van der Waals surface area (Å²) < 4.78 is 0. The minimum Gasteiger partial charge on any atom is -0.399 e. The summed E-state index contributed by atoms with van der Waals surface area (Å²) in [6, 6.07) is 15.0. The van der Waals surface area contributed by atoms with Gasteiger partial charge in [0.1, 0.15) is 0 Å². The van der Waals surface area contributed by atoms with Crippen LogP contribution in [0.3, 0.4) is 0 Å². The average Bonchev–Trinajstić information content (AvgIpc) is 2.44. The lowest BCUT2D eigenvalue weighted by atomic mass is 10.1. The van der Waals surface area contributed by atoms with Crippen LogP contribution in [0.2, 0.25) is 0 Å². The molecule has 0 fully saturated rings. The fourth-order valence-corrected chi connectivity index (χ4v) is 2.23. The van der Waals surface area contributed by atoms with Crippen molar-refractivity contribution in [1.29, 1.82) is 0 Å². The molecule has 0 radical (unpaired) electrons. The molecule has 0 unspecified atom stereocenters. The first kappa shape index (κ1) is 14.9. The van der Waals surface area contributed by atoms with Gasteiger partial charge < -0.3 is 16.4 Å². The molecule has 4 heteroatoms. The topological polar surface area (TPSA) is 72.3 Å². The molecule has 4 N–H and O–H groups in total. The van der Waals surface area contributed by atoms with Gasteiger partial charge in [-0.05, 0) is 37.6 Å². The third-order valence-corrected chi connectivity index (χ3v) is 3.30. The van der Waals surface area contributed by atoms with Crippen LogP contribution in [0.25, 0.3) is 0 Å². The molecule has 2 rings (SSSR count). The zero-order valence-corrected chi connectivity index (χ0v) is 12.4. The molecule has 2 aromatic carbocycles. The van der Waals surface area contributed by atoms with Crippen LogP contribution < -0.4 is 11.5 Å². The molecule has 0 atom stereocenters. The quantitative estimate of drug-likeness (QED) is 0.847. The van der Waals surface area contributed by atoms with E-state index in [1.165, 1.54) is 0 Å². The number of carbonyl (C=O) groups is 1. The maximum absolute atomic E-state index is 12.7. The molecule has 4 nitrogen and oxygen atoms in total. The molecule has 0 bridgehead atoms. The SMILES string of the molecule is CC(C)N(Cc1ccccc1)C(=O)c1cc(N)cc(N)c1. The highest BCUT2D eigenvalue weighted by Gasteiger charge is 2.19. The number of anilines is 2. The summed E-state index contributed by atoms with van der Waals surface area (Å²) in [5.41, 5.74) is 14.2. The summed E-state index contributed by atoms with van der Waals surface area (Å²) in [7, 11) is 0. The van der Waals surface area contributed by atoms with Crippen molar-refractivity contribution in [2.45, 2.75) is 26.4 Å². The number of nitrogens with two attached hydrogens (primary N) is 2. The van der Waals surface area contributed by atoms with E-state index < -0.39 is 0 Å². The number of rotatable bonds is 4. The molecule has 0 aliphatic heterocycles. The lowest BCUT2D eigenvalue weighted by Crippen LogP contribution is -2.36. The molecular weight excluding hydrogens is 262 g/mol. The van der Waals surface area contributed by atoms with E-state index in [1.807, 2.05) is 49.1 Å². The Bertz CT molecular complexity index is 603. The smallest absolute Gasteiger partial charge is 0.254 e. The standard InChI is InChI=1S/C17H21N3O/c1-12(2)20(11-13-6-4-3-5-7-13)17(21)14-8-15(18)10-16(19)9-14/h3-10,12H,11,18-19H2,1-2H3. The van der Waals surface area contributed by atoms with Gasteiger partial charge in [-0.15, -0.1) is 0 Å². The van der Waals surface area contributed by atoms with Gasteiger partial charge in [-0.1, -0.05) is 30.3 Å². The van der Waals surface area contributed by atoms with Gasteiger partial charge in [0.25, 0.3) is 5.91 Å². The van der Waals surface area contributed by atoms with Crippen LogP contribution in [0.4, 0.5) is 11.4 Å². The van der Waals surface area contributed by atoms with Crippen LogP contribution in [-0.4, -0.2) is 16.8 Å². The molecular formula is C17H21N3O. The van der Waals surface area contributed by atoms with E-state index >= 15 is 0 Å². The van der Waals surface area contributed by atoms with Crippen LogP contribution in [0.15, 0.2) is 48.5 Å². The highest BCUT2D eigenvalue weighted by molar-refractivity contribution is 5.96. The zero-order chi connectivity index (χ0) is 15.4. The molecule has 1 amide bonds. The molecule has 0 saturated carbocycles. The van der Waals surface area contributed by atoms with Crippen LogP contribution in [0.5, 0.6) is 0 Å². The van der Waals surface area contributed by atoms with E-state index in [2.05, 4.69) is 0 Å². The van der Waals surface area contributed by atoms with Crippen molar-refractivity contribution in [3.63, 3.8) is 0 Å². The Morgan fingerprint density at radius 3 is 2.14 bits per heavy atom. The minimum atomic E-state index is -0.0622. The van der Waals surface area contributed by atoms with Gasteiger partial charge in [-0.3, -0.25) is 4.79 Å². The molecule has 0 aliphatic carbocycles. The number of benzene rings is 2. The highest BCUT2D eigenvalue weighted by Crippen LogP contribution is 2.18.